The normalized spacial score (nSPS) is 10.8. The van der Waals surface area contributed by atoms with Crippen molar-refractivity contribution in [2.75, 3.05) is 18.9 Å². The fourth-order valence-corrected chi connectivity index (χ4v) is 2.61. The first kappa shape index (κ1) is 16.8. The molecule has 0 aromatic heterocycles. The summed E-state index contributed by atoms with van der Waals surface area (Å²) < 4.78 is 0. The molecule has 1 N–H and O–H groups in total. The zero-order chi connectivity index (χ0) is 16.1. The monoisotopic (exact) mass is 336 g/mol. The number of halogens is 2. The summed E-state index contributed by atoms with van der Waals surface area (Å²) in [5.74, 6) is -0.146. The van der Waals surface area contributed by atoms with Crippen molar-refractivity contribution in [3.05, 3.63) is 63.6 Å². The third-order valence-electron chi connectivity index (χ3n) is 3.26. The van der Waals surface area contributed by atoms with Gasteiger partial charge in [-0.2, -0.15) is 0 Å². The average molecular weight is 337 g/mol. The van der Waals surface area contributed by atoms with Gasteiger partial charge in [0.2, 0.25) is 5.91 Å². The van der Waals surface area contributed by atoms with E-state index in [4.69, 9.17) is 23.2 Å². The number of likely N-dealkylation sites (N-methyl/N-ethyl adjacent to an activating group) is 1. The Morgan fingerprint density at radius 3 is 2.50 bits per heavy atom. The maximum absolute atomic E-state index is 12.2. The zero-order valence-corrected chi connectivity index (χ0v) is 14.1. The highest BCUT2D eigenvalue weighted by Gasteiger charge is 2.13. The van der Waals surface area contributed by atoms with E-state index in [1.807, 2.05) is 55.3 Å². The van der Waals surface area contributed by atoms with Crippen molar-refractivity contribution in [3.8, 4) is 0 Å². The topological polar surface area (TPSA) is 32.3 Å². The minimum atomic E-state index is -0.146. The molecule has 0 radical (unpaired) electrons. The van der Waals surface area contributed by atoms with Crippen molar-refractivity contribution in [2.45, 2.75) is 13.5 Å². The van der Waals surface area contributed by atoms with Gasteiger partial charge in [0.25, 0.3) is 0 Å². The molecule has 5 heteroatoms. The maximum Gasteiger partial charge on any atom is 0.238 e. The number of carbonyl (C=O) groups excluding carboxylic acids is 1. The molecular formula is C17H18Cl2N2O. The summed E-state index contributed by atoms with van der Waals surface area (Å²) in [4.78, 5) is 14.1. The van der Waals surface area contributed by atoms with Crippen LogP contribution in [0.1, 0.15) is 11.1 Å². The number of rotatable bonds is 5. The van der Waals surface area contributed by atoms with Crippen molar-refractivity contribution < 1.29 is 4.79 Å². The number of aryl methyl sites for hydroxylation is 1. The van der Waals surface area contributed by atoms with Gasteiger partial charge in [-0.05, 0) is 31.2 Å². The van der Waals surface area contributed by atoms with E-state index in [0.29, 0.717) is 22.3 Å². The van der Waals surface area contributed by atoms with Crippen LogP contribution in [-0.4, -0.2) is 24.4 Å². The van der Waals surface area contributed by atoms with E-state index in [0.717, 1.165) is 11.1 Å². The quantitative estimate of drug-likeness (QED) is 0.879. The smallest absolute Gasteiger partial charge is 0.238 e. The predicted molar refractivity (Wildman–Crippen MR) is 92.6 cm³/mol. The Balaban J connectivity index is 1.97. The standard InChI is InChI=1S/C17H18Cl2N2O/c1-12-8-9-14(18)17(16(12)19)20-15(22)11-21(2)10-13-6-4-3-5-7-13/h3-9H,10-11H2,1-2H3,(H,20,22). The molecule has 0 saturated heterocycles. The average Bonchev–Trinajstić information content (AvgIpc) is 2.48. The molecule has 0 fully saturated rings. The van der Waals surface area contributed by atoms with Crippen molar-refractivity contribution in [1.29, 1.82) is 0 Å². The van der Waals surface area contributed by atoms with E-state index in [2.05, 4.69) is 5.32 Å². The van der Waals surface area contributed by atoms with Crippen molar-refractivity contribution >= 4 is 34.8 Å². The molecule has 0 atom stereocenters. The Kier molecular flexibility index (Phi) is 5.83. The van der Waals surface area contributed by atoms with Gasteiger partial charge in [-0.3, -0.25) is 9.69 Å². The molecule has 0 bridgehead atoms. The number of hydrogen-bond donors (Lipinski definition) is 1. The van der Waals surface area contributed by atoms with Gasteiger partial charge in [0.1, 0.15) is 0 Å². The van der Waals surface area contributed by atoms with E-state index < -0.39 is 0 Å². The first-order valence-corrected chi connectivity index (χ1v) is 7.70. The van der Waals surface area contributed by atoms with Crippen LogP contribution in [0.25, 0.3) is 0 Å². The molecule has 2 aromatic rings. The molecule has 22 heavy (non-hydrogen) atoms. The molecule has 2 aromatic carbocycles. The highest BCUT2D eigenvalue weighted by atomic mass is 35.5. The molecule has 0 aliphatic heterocycles. The van der Waals surface area contributed by atoms with E-state index in [-0.39, 0.29) is 12.5 Å². The van der Waals surface area contributed by atoms with Gasteiger partial charge in [0, 0.05) is 6.54 Å². The number of hydrogen-bond acceptors (Lipinski definition) is 2. The molecular weight excluding hydrogens is 319 g/mol. The van der Waals surface area contributed by atoms with Gasteiger partial charge in [-0.25, -0.2) is 0 Å². The van der Waals surface area contributed by atoms with Crippen LogP contribution in [0.5, 0.6) is 0 Å². The first-order chi connectivity index (χ1) is 10.5. The zero-order valence-electron chi connectivity index (χ0n) is 12.6. The van der Waals surface area contributed by atoms with Crippen LogP contribution in [-0.2, 0) is 11.3 Å². The van der Waals surface area contributed by atoms with Crippen molar-refractivity contribution in [2.24, 2.45) is 0 Å². The lowest BCUT2D eigenvalue weighted by Gasteiger charge is -2.17. The van der Waals surface area contributed by atoms with E-state index in [1.54, 1.807) is 6.07 Å². The SMILES string of the molecule is Cc1ccc(Cl)c(NC(=O)CN(C)Cc2ccccc2)c1Cl. The van der Waals surface area contributed by atoms with E-state index in [9.17, 15) is 4.79 Å². The third kappa shape index (κ3) is 4.47. The van der Waals surface area contributed by atoms with Gasteiger partial charge in [-0.15, -0.1) is 0 Å². The lowest BCUT2D eigenvalue weighted by atomic mass is 10.2. The molecule has 0 aliphatic carbocycles. The summed E-state index contributed by atoms with van der Waals surface area (Å²) in [5, 5.41) is 3.71. The highest BCUT2D eigenvalue weighted by molar-refractivity contribution is 6.40. The molecule has 0 spiro atoms. The molecule has 2 rings (SSSR count). The molecule has 0 unspecified atom stereocenters. The molecule has 0 saturated carbocycles. The van der Waals surface area contributed by atoms with Crippen molar-refractivity contribution in [3.63, 3.8) is 0 Å². The van der Waals surface area contributed by atoms with E-state index in [1.165, 1.54) is 0 Å². The Labute approximate surface area is 140 Å². The second-order valence-electron chi connectivity index (χ2n) is 5.26. The molecule has 0 aliphatic rings. The maximum atomic E-state index is 12.2. The number of amides is 1. The number of nitrogens with one attached hydrogen (secondary N) is 1. The van der Waals surface area contributed by atoms with Gasteiger partial charge >= 0.3 is 0 Å². The lowest BCUT2D eigenvalue weighted by molar-refractivity contribution is -0.117. The largest absolute Gasteiger partial charge is 0.322 e. The first-order valence-electron chi connectivity index (χ1n) is 6.94. The second kappa shape index (κ2) is 7.63. The number of anilines is 1. The summed E-state index contributed by atoms with van der Waals surface area (Å²) >= 11 is 12.3. The number of carbonyl (C=O) groups is 1. The third-order valence-corrected chi connectivity index (χ3v) is 4.06. The van der Waals surface area contributed by atoms with Crippen LogP contribution in [0.3, 0.4) is 0 Å². The summed E-state index contributed by atoms with van der Waals surface area (Å²) in [7, 11) is 1.89. The fraction of sp³-hybridized carbons (Fsp3) is 0.235. The van der Waals surface area contributed by atoms with Crippen LogP contribution in [0.4, 0.5) is 5.69 Å². The van der Waals surface area contributed by atoms with Gasteiger partial charge < -0.3 is 5.32 Å². The Hall–Kier alpha value is -1.55. The summed E-state index contributed by atoms with van der Waals surface area (Å²) in [6.07, 6.45) is 0. The van der Waals surface area contributed by atoms with Crippen LogP contribution in [0.2, 0.25) is 10.0 Å². The van der Waals surface area contributed by atoms with Crippen LogP contribution < -0.4 is 5.32 Å². The van der Waals surface area contributed by atoms with Crippen LogP contribution in [0.15, 0.2) is 42.5 Å². The fourth-order valence-electron chi connectivity index (χ4n) is 2.15. The van der Waals surface area contributed by atoms with Crippen LogP contribution >= 0.6 is 23.2 Å². The molecule has 0 heterocycles. The molecule has 1 amide bonds. The predicted octanol–water partition coefficient (Wildman–Crippen LogP) is 4.37. The van der Waals surface area contributed by atoms with Crippen molar-refractivity contribution in [1.82, 2.24) is 4.90 Å². The summed E-state index contributed by atoms with van der Waals surface area (Å²) in [5.41, 5.74) is 2.50. The minimum Gasteiger partial charge on any atom is -0.322 e. The molecule has 3 nitrogen and oxygen atoms in total. The Bertz CT molecular complexity index is 659. The Morgan fingerprint density at radius 1 is 1.14 bits per heavy atom. The minimum absolute atomic E-state index is 0.146. The number of benzene rings is 2. The second-order valence-corrected chi connectivity index (χ2v) is 6.04. The highest BCUT2D eigenvalue weighted by Crippen LogP contribution is 2.32. The lowest BCUT2D eigenvalue weighted by Crippen LogP contribution is -2.30. The van der Waals surface area contributed by atoms with Gasteiger partial charge in [-0.1, -0.05) is 59.6 Å². The number of nitrogens with zero attached hydrogens (tertiary/aromatic N) is 1. The van der Waals surface area contributed by atoms with Crippen LogP contribution in [0, 0.1) is 6.92 Å². The summed E-state index contributed by atoms with van der Waals surface area (Å²) in [6.45, 7) is 2.83. The Morgan fingerprint density at radius 2 is 1.82 bits per heavy atom. The van der Waals surface area contributed by atoms with E-state index >= 15 is 0 Å². The van der Waals surface area contributed by atoms with Gasteiger partial charge in [0.05, 0.1) is 22.3 Å². The van der Waals surface area contributed by atoms with Gasteiger partial charge in [0.15, 0.2) is 0 Å². The summed E-state index contributed by atoms with van der Waals surface area (Å²) in [6, 6.07) is 13.5. The molecule has 116 valence electrons.